The van der Waals surface area contributed by atoms with Crippen molar-refractivity contribution in [3.8, 4) is 0 Å². The number of nitrogens with one attached hydrogen (secondary N) is 1. The van der Waals surface area contributed by atoms with E-state index >= 15 is 0 Å². The van der Waals surface area contributed by atoms with Crippen LogP contribution in [-0.4, -0.2) is 13.0 Å². The van der Waals surface area contributed by atoms with Gasteiger partial charge in [0.25, 0.3) is 0 Å². The van der Waals surface area contributed by atoms with Gasteiger partial charge in [0, 0.05) is 6.20 Å². The van der Waals surface area contributed by atoms with Gasteiger partial charge < -0.3 is 5.23 Å². The lowest BCUT2D eigenvalue weighted by Gasteiger charge is -1.97. The number of aryl methyl sites for hydroxylation is 1. The molecule has 0 aliphatic rings. The van der Waals surface area contributed by atoms with Gasteiger partial charge in [0.1, 0.15) is 5.82 Å². The van der Waals surface area contributed by atoms with Crippen molar-refractivity contribution in [2.24, 2.45) is 0 Å². The van der Waals surface area contributed by atoms with E-state index in [2.05, 4.69) is 10.2 Å². The van der Waals surface area contributed by atoms with E-state index in [-0.39, 0.29) is 0 Å². The minimum absolute atomic E-state index is 0.926. The molecule has 3 heteroatoms. The predicted molar refractivity (Wildman–Crippen MR) is 41.1 cm³/mol. The van der Waals surface area contributed by atoms with Gasteiger partial charge in [0.2, 0.25) is 7.98 Å². The minimum atomic E-state index is 0.926. The van der Waals surface area contributed by atoms with Crippen molar-refractivity contribution < 1.29 is 0 Å². The third-order valence-electron chi connectivity index (χ3n) is 1.17. The summed E-state index contributed by atoms with van der Waals surface area (Å²) in [6, 6.07) is 3.97. The van der Waals surface area contributed by atoms with Crippen LogP contribution in [0.2, 0.25) is 0 Å². The van der Waals surface area contributed by atoms with Crippen LogP contribution in [0.15, 0.2) is 18.3 Å². The van der Waals surface area contributed by atoms with Gasteiger partial charge in [-0.1, -0.05) is 0 Å². The molecular formula is C6H9BN2. The highest BCUT2D eigenvalue weighted by Gasteiger charge is 1.86. The van der Waals surface area contributed by atoms with Crippen molar-refractivity contribution >= 4 is 13.8 Å². The van der Waals surface area contributed by atoms with E-state index in [1.807, 2.05) is 27.0 Å². The van der Waals surface area contributed by atoms with Crippen molar-refractivity contribution in [1.29, 1.82) is 0 Å². The highest BCUT2D eigenvalue weighted by atomic mass is 14.9. The summed E-state index contributed by atoms with van der Waals surface area (Å²) in [6.07, 6.45) is 1.79. The van der Waals surface area contributed by atoms with Crippen LogP contribution in [0.5, 0.6) is 0 Å². The summed E-state index contributed by atoms with van der Waals surface area (Å²) < 4.78 is 0. The predicted octanol–water partition coefficient (Wildman–Crippen LogP) is 0.350. The van der Waals surface area contributed by atoms with E-state index in [9.17, 15) is 0 Å². The molecule has 1 N–H and O–H groups in total. The molecule has 0 saturated carbocycles. The molecule has 0 aliphatic heterocycles. The molecule has 0 saturated heterocycles. The van der Waals surface area contributed by atoms with Gasteiger partial charge in [-0.25, -0.2) is 4.98 Å². The highest BCUT2D eigenvalue weighted by molar-refractivity contribution is 6.15. The topological polar surface area (TPSA) is 24.9 Å². The summed E-state index contributed by atoms with van der Waals surface area (Å²) in [6.45, 7) is 2.04. The number of rotatable bonds is 1. The van der Waals surface area contributed by atoms with Crippen LogP contribution < -0.4 is 5.23 Å². The zero-order chi connectivity index (χ0) is 6.69. The lowest BCUT2D eigenvalue weighted by atomic mass is 10.3. The van der Waals surface area contributed by atoms with E-state index in [1.54, 1.807) is 6.20 Å². The van der Waals surface area contributed by atoms with Gasteiger partial charge in [-0.2, -0.15) is 0 Å². The number of pyridine rings is 1. The number of hydrogen-bond donors (Lipinski definition) is 1. The van der Waals surface area contributed by atoms with Gasteiger partial charge in [0.05, 0.1) is 0 Å². The molecule has 0 aliphatic carbocycles. The molecule has 9 heavy (non-hydrogen) atoms. The van der Waals surface area contributed by atoms with Crippen molar-refractivity contribution in [3.05, 3.63) is 23.9 Å². The molecule has 46 valence electrons. The molecule has 0 fully saturated rings. The van der Waals surface area contributed by atoms with Gasteiger partial charge in [-0.05, 0) is 24.6 Å². The maximum absolute atomic E-state index is 4.05. The molecule has 1 aromatic rings. The van der Waals surface area contributed by atoms with Crippen LogP contribution in [0.25, 0.3) is 0 Å². The van der Waals surface area contributed by atoms with Crippen LogP contribution in [-0.2, 0) is 0 Å². The number of anilines is 1. The first kappa shape index (κ1) is 6.14. The second kappa shape index (κ2) is 2.53. The molecule has 0 amide bonds. The monoisotopic (exact) mass is 120 g/mol. The Kier molecular flexibility index (Phi) is 1.73. The average molecular weight is 120 g/mol. The molecule has 0 radical (unpaired) electrons. The van der Waals surface area contributed by atoms with Gasteiger partial charge in [-0.15, -0.1) is 0 Å². The van der Waals surface area contributed by atoms with Crippen molar-refractivity contribution in [3.63, 3.8) is 0 Å². The van der Waals surface area contributed by atoms with Crippen LogP contribution in [0.3, 0.4) is 0 Å². The Morgan fingerprint density at radius 3 is 2.89 bits per heavy atom. The van der Waals surface area contributed by atoms with Crippen molar-refractivity contribution in [2.45, 2.75) is 6.92 Å². The van der Waals surface area contributed by atoms with E-state index in [1.165, 1.54) is 5.56 Å². The lowest BCUT2D eigenvalue weighted by molar-refractivity contribution is 1.29. The summed E-state index contributed by atoms with van der Waals surface area (Å²) in [7, 11) is 1.86. The zero-order valence-corrected chi connectivity index (χ0v) is 5.68. The summed E-state index contributed by atoms with van der Waals surface area (Å²) in [5.41, 5.74) is 1.23. The third-order valence-corrected chi connectivity index (χ3v) is 1.17. The molecule has 1 rings (SSSR count). The second-order valence-corrected chi connectivity index (χ2v) is 1.97. The van der Waals surface area contributed by atoms with E-state index < -0.39 is 0 Å². The Morgan fingerprint density at radius 1 is 1.67 bits per heavy atom. The standard InChI is InChI=1S/C6H9BN2/c1-5-2-3-8-6(4-5)9-7/h2-4H,7H2,1H3,(H,8,9). The summed E-state index contributed by atoms with van der Waals surface area (Å²) >= 11 is 0. The zero-order valence-electron chi connectivity index (χ0n) is 5.68. The van der Waals surface area contributed by atoms with Crippen LogP contribution in [0.1, 0.15) is 5.56 Å². The smallest absolute Gasteiger partial charge is 0.215 e. The Labute approximate surface area is 55.7 Å². The Bertz CT molecular complexity index is 200. The Hall–Kier alpha value is -0.985. The number of hydrogen-bond acceptors (Lipinski definition) is 2. The summed E-state index contributed by atoms with van der Waals surface area (Å²) in [5, 5.41) is 2.96. The fourth-order valence-corrected chi connectivity index (χ4v) is 0.673. The number of aromatic nitrogens is 1. The maximum Gasteiger partial charge on any atom is 0.215 e. The van der Waals surface area contributed by atoms with Crippen molar-refractivity contribution in [2.75, 3.05) is 5.23 Å². The molecule has 1 heterocycles. The summed E-state index contributed by atoms with van der Waals surface area (Å²) in [4.78, 5) is 4.05. The molecule has 1 aromatic heterocycles. The van der Waals surface area contributed by atoms with Crippen molar-refractivity contribution in [1.82, 2.24) is 4.98 Å². The fraction of sp³-hybridized carbons (Fsp3) is 0.167. The highest BCUT2D eigenvalue weighted by Crippen LogP contribution is 2.02. The van der Waals surface area contributed by atoms with Crippen LogP contribution in [0, 0.1) is 6.92 Å². The molecular weight excluding hydrogens is 111 g/mol. The van der Waals surface area contributed by atoms with Crippen LogP contribution >= 0.6 is 0 Å². The average Bonchev–Trinajstić information content (AvgIpc) is 1.88. The lowest BCUT2D eigenvalue weighted by Crippen LogP contribution is -1.92. The van der Waals surface area contributed by atoms with Gasteiger partial charge in [-0.3, -0.25) is 0 Å². The number of nitrogens with zero attached hydrogens (tertiary/aromatic N) is 1. The normalized spacial score (nSPS) is 9.00. The first-order chi connectivity index (χ1) is 4.33. The largest absolute Gasteiger partial charge is 0.420 e. The third kappa shape index (κ3) is 1.45. The van der Waals surface area contributed by atoms with Gasteiger partial charge in [0.15, 0.2) is 0 Å². The fourth-order valence-electron chi connectivity index (χ4n) is 0.673. The van der Waals surface area contributed by atoms with E-state index in [4.69, 9.17) is 0 Å². The second-order valence-electron chi connectivity index (χ2n) is 1.97. The van der Waals surface area contributed by atoms with Gasteiger partial charge >= 0.3 is 0 Å². The molecule has 0 spiro atoms. The molecule has 2 nitrogen and oxygen atoms in total. The summed E-state index contributed by atoms with van der Waals surface area (Å²) in [5.74, 6) is 0.926. The molecule has 0 aromatic carbocycles. The minimum Gasteiger partial charge on any atom is -0.420 e. The van der Waals surface area contributed by atoms with E-state index in [0.717, 1.165) is 5.82 Å². The molecule has 0 unspecified atom stereocenters. The van der Waals surface area contributed by atoms with Crippen LogP contribution in [0.4, 0.5) is 5.82 Å². The Morgan fingerprint density at radius 2 is 2.44 bits per heavy atom. The first-order valence-corrected chi connectivity index (χ1v) is 2.93. The molecule has 0 atom stereocenters. The van der Waals surface area contributed by atoms with E-state index in [0.29, 0.717) is 0 Å². The maximum atomic E-state index is 4.05. The Balaban J connectivity index is 2.94. The first-order valence-electron chi connectivity index (χ1n) is 2.93. The SMILES string of the molecule is BNc1cc(C)ccn1. The molecule has 0 bridgehead atoms. The quantitative estimate of drug-likeness (QED) is 0.541.